The highest BCUT2D eigenvalue weighted by Crippen LogP contribution is 2.19. The number of piperidine rings is 1. The van der Waals surface area contributed by atoms with Gasteiger partial charge in [0.25, 0.3) is 10.2 Å². The van der Waals surface area contributed by atoms with Gasteiger partial charge in [0, 0.05) is 33.2 Å². The van der Waals surface area contributed by atoms with Crippen LogP contribution < -0.4 is 5.73 Å². The Bertz CT molecular complexity index is 284. The molecule has 1 aliphatic rings. The summed E-state index contributed by atoms with van der Waals surface area (Å²) in [6, 6.07) is 0. The molecule has 0 aromatic heterocycles. The number of rotatable bonds is 4. The predicted octanol–water partition coefficient (Wildman–Crippen LogP) is -0.146. The van der Waals surface area contributed by atoms with E-state index in [0.29, 0.717) is 32.1 Å². The number of likely N-dealkylation sites (N-methyl/N-ethyl adjacent to an activating group) is 1. The van der Waals surface area contributed by atoms with Gasteiger partial charge < -0.3 is 5.73 Å². The summed E-state index contributed by atoms with van der Waals surface area (Å²) in [5, 5.41) is 0. The van der Waals surface area contributed by atoms with Gasteiger partial charge in [-0.3, -0.25) is 0 Å². The van der Waals surface area contributed by atoms with Crippen LogP contribution in [0, 0.1) is 5.92 Å². The molecular formula is C9H21N3O2S. The second-order valence-corrected chi connectivity index (χ2v) is 6.23. The summed E-state index contributed by atoms with van der Waals surface area (Å²) in [6.45, 7) is 4.18. The van der Waals surface area contributed by atoms with Crippen molar-refractivity contribution in [2.75, 3.05) is 33.2 Å². The van der Waals surface area contributed by atoms with Gasteiger partial charge in [0.1, 0.15) is 0 Å². The monoisotopic (exact) mass is 235 g/mol. The predicted molar refractivity (Wildman–Crippen MR) is 60.6 cm³/mol. The highest BCUT2D eigenvalue weighted by atomic mass is 32.2. The van der Waals surface area contributed by atoms with Crippen molar-refractivity contribution >= 4 is 10.2 Å². The summed E-state index contributed by atoms with van der Waals surface area (Å²) in [7, 11) is -1.68. The molecule has 2 N–H and O–H groups in total. The molecule has 0 aromatic rings. The van der Waals surface area contributed by atoms with Crippen LogP contribution in [-0.2, 0) is 10.2 Å². The Hall–Kier alpha value is -0.170. The molecule has 0 aromatic carbocycles. The Morgan fingerprint density at radius 3 is 2.40 bits per heavy atom. The molecule has 5 nitrogen and oxygen atoms in total. The van der Waals surface area contributed by atoms with E-state index in [4.69, 9.17) is 5.73 Å². The zero-order valence-corrected chi connectivity index (χ0v) is 10.3. The van der Waals surface area contributed by atoms with E-state index >= 15 is 0 Å². The van der Waals surface area contributed by atoms with Crippen LogP contribution in [0.15, 0.2) is 0 Å². The number of nitrogens with zero attached hydrogens (tertiary/aromatic N) is 2. The summed E-state index contributed by atoms with van der Waals surface area (Å²) in [5.41, 5.74) is 5.35. The van der Waals surface area contributed by atoms with Crippen LogP contribution in [0.25, 0.3) is 0 Å². The second-order valence-electron chi connectivity index (χ2n) is 4.20. The van der Waals surface area contributed by atoms with Crippen molar-refractivity contribution in [2.45, 2.75) is 19.8 Å². The fourth-order valence-electron chi connectivity index (χ4n) is 1.71. The molecule has 15 heavy (non-hydrogen) atoms. The lowest BCUT2D eigenvalue weighted by Crippen LogP contribution is -2.46. The lowest BCUT2D eigenvalue weighted by atomic mass is 10.0. The average Bonchev–Trinajstić information content (AvgIpc) is 2.18. The van der Waals surface area contributed by atoms with Crippen LogP contribution in [0.5, 0.6) is 0 Å². The lowest BCUT2D eigenvalue weighted by Gasteiger charge is -2.32. The Morgan fingerprint density at radius 1 is 1.40 bits per heavy atom. The van der Waals surface area contributed by atoms with E-state index in [-0.39, 0.29) is 0 Å². The van der Waals surface area contributed by atoms with Gasteiger partial charge in [0.15, 0.2) is 0 Å². The van der Waals surface area contributed by atoms with E-state index in [2.05, 4.69) is 6.92 Å². The second kappa shape index (κ2) is 5.25. The third-order valence-electron chi connectivity index (χ3n) is 2.91. The normalized spacial score (nSPS) is 21.1. The van der Waals surface area contributed by atoms with E-state index in [1.54, 1.807) is 11.4 Å². The molecule has 0 saturated carbocycles. The molecule has 0 aliphatic carbocycles. The first-order chi connectivity index (χ1) is 6.98. The SMILES string of the molecule is CC1CCN(S(=O)(=O)N(C)CCN)CC1. The van der Waals surface area contributed by atoms with Crippen molar-refractivity contribution in [3.63, 3.8) is 0 Å². The van der Waals surface area contributed by atoms with Gasteiger partial charge in [0.05, 0.1) is 0 Å². The summed E-state index contributed by atoms with van der Waals surface area (Å²) in [6.07, 6.45) is 1.91. The molecule has 1 rings (SSSR count). The van der Waals surface area contributed by atoms with Crippen LogP contribution in [0.1, 0.15) is 19.8 Å². The Kier molecular flexibility index (Phi) is 4.51. The van der Waals surface area contributed by atoms with Crippen molar-refractivity contribution in [3.8, 4) is 0 Å². The number of nitrogens with two attached hydrogens (primary N) is 1. The van der Waals surface area contributed by atoms with Crippen LogP contribution in [0.2, 0.25) is 0 Å². The van der Waals surface area contributed by atoms with Gasteiger partial charge in [-0.15, -0.1) is 0 Å². The molecule has 1 aliphatic heterocycles. The van der Waals surface area contributed by atoms with Crippen LogP contribution in [-0.4, -0.2) is 50.3 Å². The van der Waals surface area contributed by atoms with Crippen LogP contribution in [0.4, 0.5) is 0 Å². The number of hydrogen-bond donors (Lipinski definition) is 1. The Labute approximate surface area is 92.4 Å². The van der Waals surface area contributed by atoms with E-state index < -0.39 is 10.2 Å². The molecule has 1 saturated heterocycles. The molecule has 1 fully saturated rings. The molecule has 0 spiro atoms. The molecule has 0 atom stereocenters. The molecule has 0 bridgehead atoms. The van der Waals surface area contributed by atoms with Crippen molar-refractivity contribution in [2.24, 2.45) is 11.7 Å². The fourth-order valence-corrected chi connectivity index (χ4v) is 3.11. The van der Waals surface area contributed by atoms with Gasteiger partial charge in [0.2, 0.25) is 0 Å². The first-order valence-electron chi connectivity index (χ1n) is 5.40. The molecule has 0 radical (unpaired) electrons. The lowest BCUT2D eigenvalue weighted by molar-refractivity contribution is 0.271. The quantitative estimate of drug-likeness (QED) is 0.737. The molecular weight excluding hydrogens is 214 g/mol. The van der Waals surface area contributed by atoms with E-state index in [0.717, 1.165) is 12.8 Å². The topological polar surface area (TPSA) is 66.6 Å². The molecule has 0 unspecified atom stereocenters. The zero-order valence-electron chi connectivity index (χ0n) is 9.52. The van der Waals surface area contributed by atoms with Gasteiger partial charge in [-0.2, -0.15) is 17.0 Å². The highest BCUT2D eigenvalue weighted by molar-refractivity contribution is 7.86. The summed E-state index contributed by atoms with van der Waals surface area (Å²) in [4.78, 5) is 0. The van der Waals surface area contributed by atoms with Gasteiger partial charge >= 0.3 is 0 Å². The van der Waals surface area contributed by atoms with E-state index in [9.17, 15) is 8.42 Å². The van der Waals surface area contributed by atoms with Crippen LogP contribution in [0.3, 0.4) is 0 Å². The largest absolute Gasteiger partial charge is 0.329 e. The third kappa shape index (κ3) is 3.14. The van der Waals surface area contributed by atoms with Crippen molar-refractivity contribution in [3.05, 3.63) is 0 Å². The maximum absolute atomic E-state index is 12.0. The van der Waals surface area contributed by atoms with Gasteiger partial charge in [-0.05, 0) is 18.8 Å². The standard InChI is InChI=1S/C9H21N3O2S/c1-9-3-6-12(7-4-9)15(13,14)11(2)8-5-10/h9H,3-8,10H2,1-2H3. The highest BCUT2D eigenvalue weighted by Gasteiger charge is 2.29. The minimum Gasteiger partial charge on any atom is -0.329 e. The number of hydrogen-bond acceptors (Lipinski definition) is 3. The van der Waals surface area contributed by atoms with Crippen LogP contribution >= 0.6 is 0 Å². The minimum atomic E-state index is -3.26. The van der Waals surface area contributed by atoms with Gasteiger partial charge in [-0.25, -0.2) is 0 Å². The molecule has 90 valence electrons. The summed E-state index contributed by atoms with van der Waals surface area (Å²) >= 11 is 0. The maximum Gasteiger partial charge on any atom is 0.281 e. The van der Waals surface area contributed by atoms with E-state index in [1.165, 1.54) is 4.31 Å². The van der Waals surface area contributed by atoms with Crippen molar-refractivity contribution < 1.29 is 8.42 Å². The van der Waals surface area contributed by atoms with E-state index in [1.807, 2.05) is 0 Å². The summed E-state index contributed by atoms with van der Waals surface area (Å²) in [5.74, 6) is 0.635. The zero-order chi connectivity index (χ0) is 11.5. The third-order valence-corrected chi connectivity index (χ3v) is 4.89. The Balaban J connectivity index is 2.61. The molecule has 0 amide bonds. The minimum absolute atomic E-state index is 0.361. The van der Waals surface area contributed by atoms with Crippen molar-refractivity contribution in [1.29, 1.82) is 0 Å². The first-order valence-corrected chi connectivity index (χ1v) is 6.79. The van der Waals surface area contributed by atoms with Crippen molar-refractivity contribution in [1.82, 2.24) is 8.61 Å². The Morgan fingerprint density at radius 2 is 1.93 bits per heavy atom. The first kappa shape index (κ1) is 12.9. The van der Waals surface area contributed by atoms with Gasteiger partial charge in [-0.1, -0.05) is 6.92 Å². The smallest absolute Gasteiger partial charge is 0.281 e. The summed E-state index contributed by atoms with van der Waals surface area (Å²) < 4.78 is 26.9. The fraction of sp³-hybridized carbons (Fsp3) is 1.00. The maximum atomic E-state index is 12.0. The average molecular weight is 235 g/mol. The molecule has 1 heterocycles. The molecule has 6 heteroatoms.